The summed E-state index contributed by atoms with van der Waals surface area (Å²) in [5, 5.41) is 6.65. The molecule has 0 spiro atoms. The van der Waals surface area contributed by atoms with E-state index in [0.29, 0.717) is 18.0 Å². The number of ether oxygens (including phenoxy) is 1. The molecule has 2 rings (SSSR count). The minimum Gasteiger partial charge on any atom is -0.368 e. The zero-order valence-corrected chi connectivity index (χ0v) is 11.6. The van der Waals surface area contributed by atoms with Crippen LogP contribution in [0.15, 0.2) is 0 Å². The maximum Gasteiger partial charge on any atom is 0.249 e. The van der Waals surface area contributed by atoms with Crippen molar-refractivity contribution in [2.75, 3.05) is 13.2 Å². The van der Waals surface area contributed by atoms with Crippen molar-refractivity contribution < 1.29 is 9.53 Å². The van der Waals surface area contributed by atoms with E-state index in [9.17, 15) is 4.79 Å². The van der Waals surface area contributed by atoms with Gasteiger partial charge in [0.1, 0.15) is 6.10 Å². The van der Waals surface area contributed by atoms with Gasteiger partial charge in [-0.15, -0.1) is 0 Å². The van der Waals surface area contributed by atoms with Crippen LogP contribution in [0.2, 0.25) is 0 Å². The van der Waals surface area contributed by atoms with Crippen LogP contribution in [0.25, 0.3) is 0 Å². The molecule has 2 fully saturated rings. The molecular formula is C14H26N2O2. The van der Waals surface area contributed by atoms with E-state index < -0.39 is 0 Å². The normalized spacial score (nSPS) is 36.6. The molecule has 0 aromatic rings. The quantitative estimate of drug-likeness (QED) is 0.798. The average molecular weight is 254 g/mol. The Morgan fingerprint density at radius 2 is 1.83 bits per heavy atom. The van der Waals surface area contributed by atoms with Crippen LogP contribution in [0.4, 0.5) is 0 Å². The number of rotatable bonds is 4. The maximum atomic E-state index is 12.1. The Morgan fingerprint density at radius 3 is 2.39 bits per heavy atom. The van der Waals surface area contributed by atoms with Crippen LogP contribution >= 0.6 is 0 Å². The summed E-state index contributed by atoms with van der Waals surface area (Å²) in [6.45, 7) is 6.01. The van der Waals surface area contributed by atoms with Crippen molar-refractivity contribution in [2.24, 2.45) is 5.92 Å². The molecule has 0 bridgehead atoms. The van der Waals surface area contributed by atoms with E-state index in [1.807, 2.05) is 0 Å². The lowest BCUT2D eigenvalue weighted by Gasteiger charge is -2.30. The molecule has 2 unspecified atom stereocenters. The van der Waals surface area contributed by atoms with E-state index in [1.165, 1.54) is 12.8 Å². The molecule has 1 heterocycles. The molecule has 0 aromatic heterocycles. The maximum absolute atomic E-state index is 12.1. The molecule has 0 radical (unpaired) electrons. The first kappa shape index (κ1) is 13.8. The standard InChI is InChI=1S/C14H26N2O2/c1-3-15-11-4-6-12(7-5-11)16-14(17)13-10(2)8-9-18-13/h10-13,15H,3-9H2,1-2H3,(H,16,17). The lowest BCUT2D eigenvalue weighted by Crippen LogP contribution is -2.46. The van der Waals surface area contributed by atoms with Crippen molar-refractivity contribution >= 4 is 5.91 Å². The molecule has 4 nitrogen and oxygen atoms in total. The zero-order chi connectivity index (χ0) is 13.0. The Balaban J connectivity index is 1.72. The SMILES string of the molecule is CCNC1CCC(NC(=O)C2OCCC2C)CC1. The fourth-order valence-electron chi connectivity index (χ4n) is 3.04. The number of nitrogens with one attached hydrogen (secondary N) is 2. The van der Waals surface area contributed by atoms with Gasteiger partial charge in [0, 0.05) is 18.7 Å². The van der Waals surface area contributed by atoms with Crippen molar-refractivity contribution in [3.63, 3.8) is 0 Å². The first-order chi connectivity index (χ1) is 8.70. The molecule has 2 N–H and O–H groups in total. The highest BCUT2D eigenvalue weighted by atomic mass is 16.5. The lowest BCUT2D eigenvalue weighted by molar-refractivity contribution is -0.132. The van der Waals surface area contributed by atoms with E-state index in [4.69, 9.17) is 4.74 Å². The van der Waals surface area contributed by atoms with Crippen LogP contribution in [-0.2, 0) is 9.53 Å². The Hall–Kier alpha value is -0.610. The number of amides is 1. The van der Waals surface area contributed by atoms with E-state index in [0.717, 1.165) is 32.4 Å². The van der Waals surface area contributed by atoms with E-state index >= 15 is 0 Å². The second kappa shape index (κ2) is 6.53. The monoisotopic (exact) mass is 254 g/mol. The minimum atomic E-state index is -0.212. The molecule has 1 saturated heterocycles. The zero-order valence-electron chi connectivity index (χ0n) is 11.6. The molecular weight excluding hydrogens is 228 g/mol. The van der Waals surface area contributed by atoms with Gasteiger partial charge in [0.2, 0.25) is 5.91 Å². The molecule has 2 aliphatic rings. The average Bonchev–Trinajstić information content (AvgIpc) is 2.78. The Labute approximate surface area is 110 Å². The first-order valence-corrected chi connectivity index (χ1v) is 7.36. The van der Waals surface area contributed by atoms with Gasteiger partial charge in [0.25, 0.3) is 0 Å². The summed E-state index contributed by atoms with van der Waals surface area (Å²) in [5.74, 6) is 0.468. The molecule has 0 aromatic carbocycles. The third kappa shape index (κ3) is 3.45. The van der Waals surface area contributed by atoms with Crippen LogP contribution in [0.5, 0.6) is 0 Å². The molecule has 1 aliphatic heterocycles. The summed E-state index contributed by atoms with van der Waals surface area (Å²) < 4.78 is 5.50. The van der Waals surface area contributed by atoms with Gasteiger partial charge < -0.3 is 15.4 Å². The molecule has 18 heavy (non-hydrogen) atoms. The number of carbonyl (C=O) groups is 1. The van der Waals surface area contributed by atoms with Gasteiger partial charge in [-0.2, -0.15) is 0 Å². The molecule has 1 amide bonds. The van der Waals surface area contributed by atoms with Gasteiger partial charge in [-0.25, -0.2) is 0 Å². The summed E-state index contributed by atoms with van der Waals surface area (Å²) in [6.07, 6.45) is 5.30. The minimum absolute atomic E-state index is 0.104. The summed E-state index contributed by atoms with van der Waals surface area (Å²) in [7, 11) is 0. The molecule has 104 valence electrons. The Morgan fingerprint density at radius 1 is 1.17 bits per heavy atom. The number of hydrogen-bond donors (Lipinski definition) is 2. The Bertz CT molecular complexity index is 275. The smallest absolute Gasteiger partial charge is 0.249 e. The number of hydrogen-bond acceptors (Lipinski definition) is 3. The first-order valence-electron chi connectivity index (χ1n) is 7.36. The van der Waals surface area contributed by atoms with Crippen molar-refractivity contribution in [1.82, 2.24) is 10.6 Å². The molecule has 1 saturated carbocycles. The van der Waals surface area contributed by atoms with Gasteiger partial charge in [0.15, 0.2) is 0 Å². The van der Waals surface area contributed by atoms with Crippen LogP contribution in [0, 0.1) is 5.92 Å². The summed E-state index contributed by atoms with van der Waals surface area (Å²) in [6, 6.07) is 0.994. The van der Waals surface area contributed by atoms with Gasteiger partial charge in [-0.1, -0.05) is 13.8 Å². The van der Waals surface area contributed by atoms with E-state index in [1.54, 1.807) is 0 Å². The fourth-order valence-corrected chi connectivity index (χ4v) is 3.04. The van der Waals surface area contributed by atoms with Crippen molar-refractivity contribution in [3.8, 4) is 0 Å². The van der Waals surface area contributed by atoms with Gasteiger partial charge >= 0.3 is 0 Å². The van der Waals surface area contributed by atoms with Crippen molar-refractivity contribution in [1.29, 1.82) is 0 Å². The highest BCUT2D eigenvalue weighted by Gasteiger charge is 2.32. The summed E-state index contributed by atoms with van der Waals surface area (Å²) in [4.78, 5) is 12.1. The third-order valence-corrected chi connectivity index (χ3v) is 4.21. The lowest BCUT2D eigenvalue weighted by atomic mass is 9.90. The second-order valence-electron chi connectivity index (χ2n) is 5.67. The third-order valence-electron chi connectivity index (χ3n) is 4.21. The fraction of sp³-hybridized carbons (Fsp3) is 0.929. The van der Waals surface area contributed by atoms with Gasteiger partial charge in [-0.3, -0.25) is 4.79 Å². The highest BCUT2D eigenvalue weighted by Crippen LogP contribution is 2.22. The molecule has 1 aliphatic carbocycles. The van der Waals surface area contributed by atoms with Crippen LogP contribution in [0.3, 0.4) is 0 Å². The molecule has 4 heteroatoms. The highest BCUT2D eigenvalue weighted by molar-refractivity contribution is 5.81. The largest absolute Gasteiger partial charge is 0.368 e. The van der Waals surface area contributed by atoms with Crippen LogP contribution in [-0.4, -0.2) is 37.2 Å². The summed E-state index contributed by atoms with van der Waals surface area (Å²) in [5.41, 5.74) is 0. The second-order valence-corrected chi connectivity index (χ2v) is 5.67. The predicted molar refractivity (Wildman–Crippen MR) is 71.4 cm³/mol. The number of carbonyl (C=O) groups excluding carboxylic acids is 1. The van der Waals surface area contributed by atoms with Crippen molar-refractivity contribution in [2.45, 2.75) is 64.1 Å². The Kier molecular flexibility index (Phi) is 5.01. The van der Waals surface area contributed by atoms with Gasteiger partial charge in [-0.05, 0) is 44.6 Å². The topological polar surface area (TPSA) is 50.4 Å². The summed E-state index contributed by atoms with van der Waals surface area (Å²) >= 11 is 0. The molecule has 2 atom stereocenters. The van der Waals surface area contributed by atoms with E-state index in [2.05, 4.69) is 24.5 Å². The van der Waals surface area contributed by atoms with Crippen LogP contribution < -0.4 is 10.6 Å². The van der Waals surface area contributed by atoms with Crippen LogP contribution in [0.1, 0.15) is 46.0 Å². The van der Waals surface area contributed by atoms with Crippen molar-refractivity contribution in [3.05, 3.63) is 0 Å². The predicted octanol–water partition coefficient (Wildman–Crippen LogP) is 1.45. The van der Waals surface area contributed by atoms with E-state index in [-0.39, 0.29) is 12.0 Å². The van der Waals surface area contributed by atoms with Gasteiger partial charge in [0.05, 0.1) is 0 Å².